The van der Waals surface area contributed by atoms with Gasteiger partial charge in [0.2, 0.25) is 0 Å². The highest BCUT2D eigenvalue weighted by molar-refractivity contribution is 4.99. The minimum absolute atomic E-state index is 0.177. The third-order valence-electron chi connectivity index (χ3n) is 3.70. The molecule has 1 saturated carbocycles. The third-order valence-corrected chi connectivity index (χ3v) is 3.70. The lowest BCUT2D eigenvalue weighted by molar-refractivity contribution is -0.147. The van der Waals surface area contributed by atoms with Crippen molar-refractivity contribution in [3.63, 3.8) is 0 Å². The van der Waals surface area contributed by atoms with Crippen molar-refractivity contribution in [2.24, 2.45) is 11.3 Å². The van der Waals surface area contributed by atoms with Crippen LogP contribution < -0.4 is 0 Å². The van der Waals surface area contributed by atoms with Gasteiger partial charge in [0.1, 0.15) is 0 Å². The SMILES string of the molecule is CC1C[C@H](O)CC(C)(C)C1(C)O. The molecule has 0 aromatic carbocycles. The fourth-order valence-corrected chi connectivity index (χ4v) is 2.18. The van der Waals surface area contributed by atoms with E-state index in [2.05, 4.69) is 0 Å². The van der Waals surface area contributed by atoms with E-state index in [0.717, 1.165) is 6.42 Å². The lowest BCUT2D eigenvalue weighted by Gasteiger charge is -2.50. The molecule has 2 unspecified atom stereocenters. The largest absolute Gasteiger partial charge is 0.393 e. The van der Waals surface area contributed by atoms with Crippen molar-refractivity contribution in [1.82, 2.24) is 0 Å². The van der Waals surface area contributed by atoms with Gasteiger partial charge in [-0.05, 0) is 31.1 Å². The summed E-state index contributed by atoms with van der Waals surface area (Å²) in [6.45, 7) is 7.92. The maximum atomic E-state index is 10.2. The predicted molar refractivity (Wildman–Crippen MR) is 48.8 cm³/mol. The maximum Gasteiger partial charge on any atom is 0.0697 e. The Morgan fingerprint density at radius 3 is 2.17 bits per heavy atom. The van der Waals surface area contributed by atoms with Gasteiger partial charge in [0, 0.05) is 0 Å². The molecule has 1 fully saturated rings. The molecule has 3 atom stereocenters. The molecule has 0 spiro atoms. The van der Waals surface area contributed by atoms with Crippen LogP contribution in [-0.2, 0) is 0 Å². The van der Waals surface area contributed by atoms with E-state index in [-0.39, 0.29) is 17.4 Å². The van der Waals surface area contributed by atoms with Gasteiger partial charge in [-0.25, -0.2) is 0 Å². The van der Waals surface area contributed by atoms with E-state index in [9.17, 15) is 10.2 Å². The second kappa shape index (κ2) is 2.71. The summed E-state index contributed by atoms with van der Waals surface area (Å²) in [5, 5.41) is 19.7. The van der Waals surface area contributed by atoms with E-state index < -0.39 is 5.60 Å². The van der Waals surface area contributed by atoms with Gasteiger partial charge < -0.3 is 10.2 Å². The summed E-state index contributed by atoms with van der Waals surface area (Å²) in [5.41, 5.74) is -0.823. The Hall–Kier alpha value is -0.0800. The zero-order valence-electron chi connectivity index (χ0n) is 8.46. The molecular weight excluding hydrogens is 152 g/mol. The highest BCUT2D eigenvalue weighted by atomic mass is 16.3. The van der Waals surface area contributed by atoms with Crippen LogP contribution in [-0.4, -0.2) is 21.9 Å². The van der Waals surface area contributed by atoms with Crippen molar-refractivity contribution >= 4 is 0 Å². The van der Waals surface area contributed by atoms with E-state index >= 15 is 0 Å². The highest BCUT2D eigenvalue weighted by Crippen LogP contribution is 2.46. The average Bonchev–Trinajstić information content (AvgIpc) is 1.82. The molecule has 0 radical (unpaired) electrons. The molecule has 0 aromatic rings. The molecule has 1 rings (SSSR count). The van der Waals surface area contributed by atoms with Crippen molar-refractivity contribution < 1.29 is 10.2 Å². The van der Waals surface area contributed by atoms with Crippen LogP contribution in [0.15, 0.2) is 0 Å². The lowest BCUT2D eigenvalue weighted by atomic mass is 9.61. The quantitative estimate of drug-likeness (QED) is 0.582. The van der Waals surface area contributed by atoms with Crippen molar-refractivity contribution in [3.8, 4) is 0 Å². The van der Waals surface area contributed by atoms with Crippen molar-refractivity contribution in [2.45, 2.75) is 52.2 Å². The first-order chi connectivity index (χ1) is 5.27. The van der Waals surface area contributed by atoms with Crippen LogP contribution in [0.25, 0.3) is 0 Å². The number of aliphatic hydroxyl groups is 2. The van der Waals surface area contributed by atoms with Crippen LogP contribution in [0.2, 0.25) is 0 Å². The second-order valence-electron chi connectivity index (χ2n) is 5.03. The number of hydrogen-bond donors (Lipinski definition) is 2. The van der Waals surface area contributed by atoms with Gasteiger partial charge in [-0.2, -0.15) is 0 Å². The molecule has 0 heterocycles. The first-order valence-electron chi connectivity index (χ1n) is 4.68. The molecule has 2 N–H and O–H groups in total. The molecule has 0 saturated heterocycles. The Labute approximate surface area is 74.6 Å². The summed E-state index contributed by atoms with van der Waals surface area (Å²) in [7, 11) is 0. The number of rotatable bonds is 0. The Morgan fingerprint density at radius 1 is 1.25 bits per heavy atom. The van der Waals surface area contributed by atoms with Gasteiger partial charge in [0.05, 0.1) is 11.7 Å². The molecule has 1 aliphatic rings. The lowest BCUT2D eigenvalue weighted by Crippen LogP contribution is -2.53. The van der Waals surface area contributed by atoms with Gasteiger partial charge >= 0.3 is 0 Å². The minimum atomic E-state index is -0.647. The highest BCUT2D eigenvalue weighted by Gasteiger charge is 2.48. The van der Waals surface area contributed by atoms with E-state index in [4.69, 9.17) is 0 Å². The van der Waals surface area contributed by atoms with Gasteiger partial charge in [0.15, 0.2) is 0 Å². The Kier molecular flexibility index (Phi) is 2.26. The van der Waals surface area contributed by atoms with E-state index in [0.29, 0.717) is 6.42 Å². The zero-order valence-corrected chi connectivity index (χ0v) is 8.46. The molecule has 2 nitrogen and oxygen atoms in total. The maximum absolute atomic E-state index is 10.2. The summed E-state index contributed by atoms with van der Waals surface area (Å²) < 4.78 is 0. The standard InChI is InChI=1S/C10H20O2/c1-7-5-8(11)6-9(2,3)10(7,4)12/h7-8,11-12H,5-6H2,1-4H3/t7?,8-,10?/m0/s1. The van der Waals surface area contributed by atoms with Crippen LogP contribution in [0.4, 0.5) is 0 Å². The molecule has 72 valence electrons. The van der Waals surface area contributed by atoms with Gasteiger partial charge in [-0.15, -0.1) is 0 Å². The first-order valence-corrected chi connectivity index (χ1v) is 4.68. The topological polar surface area (TPSA) is 40.5 Å². The number of aliphatic hydroxyl groups excluding tert-OH is 1. The summed E-state index contributed by atoms with van der Waals surface area (Å²) in [5.74, 6) is 0.177. The fourth-order valence-electron chi connectivity index (χ4n) is 2.18. The Morgan fingerprint density at radius 2 is 1.75 bits per heavy atom. The zero-order chi connectivity index (χ0) is 9.57. The van der Waals surface area contributed by atoms with Crippen molar-refractivity contribution in [3.05, 3.63) is 0 Å². The van der Waals surface area contributed by atoms with Crippen LogP contribution in [0.1, 0.15) is 40.5 Å². The second-order valence-corrected chi connectivity index (χ2v) is 5.03. The first kappa shape index (κ1) is 10.0. The molecule has 0 amide bonds. The number of hydrogen-bond acceptors (Lipinski definition) is 2. The normalized spacial score (nSPS) is 47.5. The van der Waals surface area contributed by atoms with Gasteiger partial charge in [0.25, 0.3) is 0 Å². The van der Waals surface area contributed by atoms with Crippen LogP contribution in [0.3, 0.4) is 0 Å². The molecule has 1 aliphatic carbocycles. The summed E-state index contributed by atoms with van der Waals surface area (Å²) in [6.07, 6.45) is 1.18. The minimum Gasteiger partial charge on any atom is -0.393 e. The smallest absolute Gasteiger partial charge is 0.0697 e. The summed E-state index contributed by atoms with van der Waals surface area (Å²) in [4.78, 5) is 0. The molecule has 12 heavy (non-hydrogen) atoms. The van der Waals surface area contributed by atoms with Crippen LogP contribution in [0, 0.1) is 11.3 Å². The third kappa shape index (κ3) is 1.38. The Balaban J connectivity index is 2.86. The van der Waals surface area contributed by atoms with E-state index in [1.54, 1.807) is 0 Å². The molecule has 0 aromatic heterocycles. The van der Waals surface area contributed by atoms with Gasteiger partial charge in [-0.3, -0.25) is 0 Å². The summed E-state index contributed by atoms with van der Waals surface area (Å²) in [6, 6.07) is 0. The molecule has 0 bridgehead atoms. The predicted octanol–water partition coefficient (Wildman–Crippen LogP) is 1.55. The monoisotopic (exact) mass is 172 g/mol. The fraction of sp³-hybridized carbons (Fsp3) is 1.00. The van der Waals surface area contributed by atoms with Crippen molar-refractivity contribution in [1.29, 1.82) is 0 Å². The van der Waals surface area contributed by atoms with E-state index in [1.165, 1.54) is 0 Å². The van der Waals surface area contributed by atoms with Crippen LogP contribution in [0.5, 0.6) is 0 Å². The van der Waals surface area contributed by atoms with Crippen LogP contribution >= 0.6 is 0 Å². The molecular formula is C10H20O2. The van der Waals surface area contributed by atoms with Gasteiger partial charge in [-0.1, -0.05) is 20.8 Å². The molecule has 2 heteroatoms. The molecule has 0 aliphatic heterocycles. The average molecular weight is 172 g/mol. The van der Waals surface area contributed by atoms with E-state index in [1.807, 2.05) is 27.7 Å². The van der Waals surface area contributed by atoms with Crippen molar-refractivity contribution in [2.75, 3.05) is 0 Å². The Bertz CT molecular complexity index is 173. The summed E-state index contributed by atoms with van der Waals surface area (Å²) >= 11 is 0.